The summed E-state index contributed by atoms with van der Waals surface area (Å²) in [6, 6.07) is 2.21. The zero-order valence-electron chi connectivity index (χ0n) is 10.4. The van der Waals surface area contributed by atoms with Gasteiger partial charge in [0.2, 0.25) is 5.91 Å². The van der Waals surface area contributed by atoms with E-state index in [0.29, 0.717) is 24.2 Å². The van der Waals surface area contributed by atoms with Crippen LogP contribution in [-0.2, 0) is 4.79 Å². The first kappa shape index (κ1) is 12.1. The number of aromatic nitrogens is 1. The molecular weight excluding hydrogens is 218 g/mol. The molecule has 0 radical (unpaired) electrons. The normalized spacial score (nSPS) is 21.4. The first-order valence-corrected chi connectivity index (χ1v) is 6.12. The smallest absolute Gasteiger partial charge is 0.239 e. The molecule has 1 aliphatic heterocycles. The van der Waals surface area contributed by atoms with Crippen molar-refractivity contribution in [3.05, 3.63) is 11.8 Å². The minimum Gasteiger partial charge on any atom is -0.360 e. The molecule has 0 spiro atoms. The van der Waals surface area contributed by atoms with E-state index >= 15 is 0 Å². The van der Waals surface area contributed by atoms with Gasteiger partial charge >= 0.3 is 0 Å². The molecule has 1 aromatic heterocycles. The van der Waals surface area contributed by atoms with Gasteiger partial charge in [-0.1, -0.05) is 11.6 Å². The summed E-state index contributed by atoms with van der Waals surface area (Å²) >= 11 is 0. The summed E-state index contributed by atoms with van der Waals surface area (Å²) in [5.74, 6) is 1.18. The Balaban J connectivity index is 1.84. The molecule has 0 bridgehead atoms. The molecule has 0 aliphatic carbocycles. The van der Waals surface area contributed by atoms with Crippen LogP contribution < -0.4 is 5.32 Å². The van der Waals surface area contributed by atoms with Crippen LogP contribution in [0.25, 0.3) is 0 Å². The molecule has 17 heavy (non-hydrogen) atoms. The number of hydrogen-bond donors (Lipinski definition) is 1. The minimum atomic E-state index is -0.0212. The Bertz CT molecular complexity index is 389. The van der Waals surface area contributed by atoms with Gasteiger partial charge in [-0.3, -0.25) is 9.69 Å². The maximum absolute atomic E-state index is 11.8. The van der Waals surface area contributed by atoms with Crippen LogP contribution in [0.2, 0.25) is 0 Å². The van der Waals surface area contributed by atoms with Gasteiger partial charge in [-0.05, 0) is 33.2 Å². The maximum Gasteiger partial charge on any atom is 0.239 e. The molecule has 0 aromatic carbocycles. The standard InChI is InChI=1S/C12H19N3O2/c1-9-5-3-4-6-15(9)8-12(16)13-11-7-10(2)17-14-11/h7,9H,3-6,8H2,1-2H3,(H,13,14,16)/t9-/m0/s1. The van der Waals surface area contributed by atoms with E-state index < -0.39 is 0 Å². The number of hydrogen-bond acceptors (Lipinski definition) is 4. The summed E-state index contributed by atoms with van der Waals surface area (Å²) in [4.78, 5) is 14.0. The molecular formula is C12H19N3O2. The first-order valence-electron chi connectivity index (χ1n) is 6.12. The Labute approximate surface area is 101 Å². The van der Waals surface area contributed by atoms with Crippen LogP contribution in [0.5, 0.6) is 0 Å². The number of carbonyl (C=O) groups is 1. The van der Waals surface area contributed by atoms with E-state index in [4.69, 9.17) is 4.52 Å². The van der Waals surface area contributed by atoms with Crippen molar-refractivity contribution in [2.45, 2.75) is 39.2 Å². The molecule has 5 nitrogen and oxygen atoms in total. The quantitative estimate of drug-likeness (QED) is 0.870. The molecule has 0 unspecified atom stereocenters. The first-order chi connectivity index (χ1) is 8.15. The lowest BCUT2D eigenvalue weighted by atomic mass is 10.0. The maximum atomic E-state index is 11.8. The molecule has 1 N–H and O–H groups in total. The van der Waals surface area contributed by atoms with E-state index in [0.717, 1.165) is 6.54 Å². The topological polar surface area (TPSA) is 58.4 Å². The number of likely N-dealkylation sites (tertiary alicyclic amines) is 1. The lowest BCUT2D eigenvalue weighted by Gasteiger charge is -2.32. The summed E-state index contributed by atoms with van der Waals surface area (Å²) < 4.78 is 4.90. The Hall–Kier alpha value is -1.36. The number of amides is 1. The second-order valence-corrected chi connectivity index (χ2v) is 4.69. The fourth-order valence-corrected chi connectivity index (χ4v) is 2.18. The summed E-state index contributed by atoms with van der Waals surface area (Å²) in [6.07, 6.45) is 3.62. The van der Waals surface area contributed by atoms with E-state index in [1.54, 1.807) is 13.0 Å². The molecule has 1 aliphatic rings. The molecule has 1 fully saturated rings. The molecule has 0 saturated carbocycles. The van der Waals surface area contributed by atoms with Gasteiger partial charge in [-0.2, -0.15) is 0 Å². The highest BCUT2D eigenvalue weighted by molar-refractivity contribution is 5.91. The summed E-state index contributed by atoms with van der Waals surface area (Å²) in [5.41, 5.74) is 0. The summed E-state index contributed by atoms with van der Waals surface area (Å²) in [7, 11) is 0. The van der Waals surface area contributed by atoms with Crippen molar-refractivity contribution >= 4 is 11.7 Å². The number of nitrogens with zero attached hydrogens (tertiary/aromatic N) is 2. The fraction of sp³-hybridized carbons (Fsp3) is 0.667. The Kier molecular flexibility index (Phi) is 3.78. The lowest BCUT2D eigenvalue weighted by Crippen LogP contribution is -2.42. The predicted octanol–water partition coefficient (Wildman–Crippen LogP) is 1.80. The minimum absolute atomic E-state index is 0.0212. The number of nitrogens with one attached hydrogen (secondary N) is 1. The van der Waals surface area contributed by atoms with Gasteiger partial charge in [0, 0.05) is 12.1 Å². The Morgan fingerprint density at radius 2 is 2.47 bits per heavy atom. The van der Waals surface area contributed by atoms with Gasteiger partial charge in [0.15, 0.2) is 5.82 Å². The highest BCUT2D eigenvalue weighted by Crippen LogP contribution is 2.16. The second-order valence-electron chi connectivity index (χ2n) is 4.69. The van der Waals surface area contributed by atoms with Crippen LogP contribution in [0.1, 0.15) is 31.9 Å². The molecule has 1 amide bonds. The number of anilines is 1. The van der Waals surface area contributed by atoms with Crippen LogP contribution in [0.15, 0.2) is 10.6 Å². The zero-order valence-corrected chi connectivity index (χ0v) is 10.4. The van der Waals surface area contributed by atoms with Gasteiger partial charge in [0.05, 0.1) is 6.54 Å². The molecule has 2 heterocycles. The van der Waals surface area contributed by atoms with E-state index in [1.165, 1.54) is 19.3 Å². The van der Waals surface area contributed by atoms with Gasteiger partial charge in [0.25, 0.3) is 0 Å². The van der Waals surface area contributed by atoms with Gasteiger partial charge < -0.3 is 9.84 Å². The average molecular weight is 237 g/mol. The van der Waals surface area contributed by atoms with Crippen LogP contribution in [-0.4, -0.2) is 35.1 Å². The van der Waals surface area contributed by atoms with Crippen molar-refractivity contribution in [3.63, 3.8) is 0 Å². The van der Waals surface area contributed by atoms with Crippen molar-refractivity contribution in [2.75, 3.05) is 18.4 Å². The lowest BCUT2D eigenvalue weighted by molar-refractivity contribution is -0.118. The number of aryl methyl sites for hydroxylation is 1. The van der Waals surface area contributed by atoms with Gasteiger partial charge in [-0.25, -0.2) is 0 Å². The van der Waals surface area contributed by atoms with Crippen molar-refractivity contribution in [2.24, 2.45) is 0 Å². The van der Waals surface area contributed by atoms with Crippen molar-refractivity contribution < 1.29 is 9.32 Å². The molecule has 94 valence electrons. The molecule has 1 atom stereocenters. The third kappa shape index (κ3) is 3.30. The highest BCUT2D eigenvalue weighted by Gasteiger charge is 2.20. The number of piperidine rings is 1. The SMILES string of the molecule is Cc1cc(NC(=O)CN2CCCC[C@@H]2C)no1. The number of carbonyl (C=O) groups excluding carboxylic acids is 1. The summed E-state index contributed by atoms with van der Waals surface area (Å²) in [5, 5.41) is 6.49. The highest BCUT2D eigenvalue weighted by atomic mass is 16.5. The van der Waals surface area contributed by atoms with Gasteiger partial charge in [0.1, 0.15) is 5.76 Å². The average Bonchev–Trinajstić information content (AvgIpc) is 2.67. The Morgan fingerprint density at radius 3 is 3.12 bits per heavy atom. The van der Waals surface area contributed by atoms with E-state index in [-0.39, 0.29) is 5.91 Å². The molecule has 5 heteroatoms. The van der Waals surface area contributed by atoms with E-state index in [2.05, 4.69) is 22.3 Å². The predicted molar refractivity (Wildman–Crippen MR) is 64.8 cm³/mol. The third-order valence-electron chi connectivity index (χ3n) is 3.18. The molecule has 1 aromatic rings. The summed E-state index contributed by atoms with van der Waals surface area (Å²) in [6.45, 7) is 5.42. The van der Waals surface area contributed by atoms with E-state index in [9.17, 15) is 4.79 Å². The van der Waals surface area contributed by atoms with E-state index in [1.807, 2.05) is 0 Å². The van der Waals surface area contributed by atoms with Crippen molar-refractivity contribution in [3.8, 4) is 0 Å². The van der Waals surface area contributed by atoms with Crippen molar-refractivity contribution in [1.29, 1.82) is 0 Å². The monoisotopic (exact) mass is 237 g/mol. The van der Waals surface area contributed by atoms with Crippen LogP contribution in [0, 0.1) is 6.92 Å². The van der Waals surface area contributed by atoms with Crippen LogP contribution in [0.3, 0.4) is 0 Å². The van der Waals surface area contributed by atoms with Crippen LogP contribution >= 0.6 is 0 Å². The second kappa shape index (κ2) is 5.31. The largest absolute Gasteiger partial charge is 0.360 e. The van der Waals surface area contributed by atoms with Gasteiger partial charge in [-0.15, -0.1) is 0 Å². The Morgan fingerprint density at radius 1 is 1.65 bits per heavy atom. The number of rotatable bonds is 3. The molecule has 1 saturated heterocycles. The zero-order chi connectivity index (χ0) is 12.3. The van der Waals surface area contributed by atoms with Crippen LogP contribution in [0.4, 0.5) is 5.82 Å². The van der Waals surface area contributed by atoms with Crippen molar-refractivity contribution in [1.82, 2.24) is 10.1 Å². The fourth-order valence-electron chi connectivity index (χ4n) is 2.18. The molecule has 2 rings (SSSR count). The third-order valence-corrected chi connectivity index (χ3v) is 3.18.